The lowest BCUT2D eigenvalue weighted by atomic mass is 9.47. The minimum absolute atomic E-state index is 0.172. The van der Waals surface area contributed by atoms with E-state index in [1.54, 1.807) is 5.92 Å². The fourth-order valence-corrected chi connectivity index (χ4v) is 10.7. The lowest BCUT2D eigenvalue weighted by Crippen LogP contribution is -2.60. The first-order valence-corrected chi connectivity index (χ1v) is 12.4. The van der Waals surface area contributed by atoms with Gasteiger partial charge in [-0.3, -0.25) is 0 Å². The van der Waals surface area contributed by atoms with Crippen LogP contribution in [0.2, 0.25) is 4.28 Å². The van der Waals surface area contributed by atoms with Crippen LogP contribution in [0.4, 0.5) is 0 Å². The Morgan fingerprint density at radius 3 is 2.19 bits per heavy atom. The number of rotatable bonds is 1. The van der Waals surface area contributed by atoms with E-state index in [1.165, 1.54) is 51.4 Å². The summed E-state index contributed by atoms with van der Waals surface area (Å²) in [5.74, 6) is 3.19. The van der Waals surface area contributed by atoms with Crippen LogP contribution in [-0.2, 0) is 0 Å². The molecule has 3 fully saturated rings. The number of hydrogen-bond acceptors (Lipinski definition) is 0. The highest BCUT2D eigenvalue weighted by molar-refractivity contribution is 7.65. The van der Waals surface area contributed by atoms with Gasteiger partial charge in [0.1, 0.15) is 0 Å². The molecule has 3 saturated carbocycles. The van der Waals surface area contributed by atoms with Gasteiger partial charge in [0.05, 0.1) is 24.2 Å². The molecular weight excluding hydrogens is 277 g/mol. The molecule has 3 aliphatic rings. The van der Waals surface area contributed by atoms with Gasteiger partial charge in [-0.25, -0.2) is 0 Å². The summed E-state index contributed by atoms with van der Waals surface area (Å²) in [6, 6.07) is 0. The summed E-state index contributed by atoms with van der Waals surface area (Å²) in [6.45, 7) is 0. The summed E-state index contributed by atoms with van der Waals surface area (Å²) in [5.41, 5.74) is 0. The van der Waals surface area contributed by atoms with E-state index in [0.717, 1.165) is 0 Å². The average molecular weight is 296 g/mol. The molecule has 3 atom stereocenters. The van der Waals surface area contributed by atoms with Crippen molar-refractivity contribution in [3.63, 3.8) is 0 Å². The first-order chi connectivity index (χ1) is 7.57. The highest BCUT2D eigenvalue weighted by atomic mass is 35.8. The standard InChI is InChI=1S/C12H18.Al.3ClH/c1-2-6-10-9(5-1)11-7-3-4-8-12(10)11;;;;/h9,12H,1-8H2;;3*1H/q+1;+2;;;/p-3. The summed E-state index contributed by atoms with van der Waals surface area (Å²) in [7, 11) is 16.6. The van der Waals surface area contributed by atoms with Gasteiger partial charge in [-0.2, -0.15) is 0 Å². The third kappa shape index (κ3) is 1.52. The summed E-state index contributed by atoms with van der Waals surface area (Å²) in [5, 5.41) is 0. The number of hydrogen-bond donors (Lipinski definition) is 0. The second-order valence-corrected chi connectivity index (χ2v) is 16.0. The Bertz CT molecular complexity index is 274. The van der Waals surface area contributed by atoms with Crippen molar-refractivity contribution in [2.75, 3.05) is 0 Å². The molecule has 0 N–H and O–H groups in total. The molecule has 0 aromatic heterocycles. The molecule has 4 heteroatoms. The van der Waals surface area contributed by atoms with Crippen LogP contribution in [0.25, 0.3) is 0 Å². The van der Waals surface area contributed by atoms with Crippen LogP contribution in [0.3, 0.4) is 0 Å². The number of fused-ring (bicyclic) bond motifs is 4. The molecule has 0 spiro atoms. The van der Waals surface area contributed by atoms with Gasteiger partial charge in [0.15, 0.2) is 0 Å². The number of halogens is 3. The Morgan fingerprint density at radius 1 is 0.938 bits per heavy atom. The van der Waals surface area contributed by atoms with E-state index < -0.39 is 10.3 Å². The molecule has 0 bridgehead atoms. The largest absolute Gasteiger partial charge is 0.468 e. The van der Waals surface area contributed by atoms with Crippen molar-refractivity contribution in [2.45, 2.75) is 55.6 Å². The van der Waals surface area contributed by atoms with Gasteiger partial charge in [-0.15, -0.1) is 0 Å². The van der Waals surface area contributed by atoms with Crippen LogP contribution in [-0.4, -0.2) is 10.3 Å². The second kappa shape index (κ2) is 4.14. The van der Waals surface area contributed by atoms with Crippen LogP contribution in [0, 0.1) is 17.8 Å². The molecular formula is C12H18AlCl3. The third-order valence-electron chi connectivity index (χ3n) is 5.36. The first-order valence-electron chi connectivity index (χ1n) is 6.62. The van der Waals surface area contributed by atoms with E-state index in [0.29, 0.717) is 11.8 Å². The maximum Gasteiger partial charge on any atom is 0.468 e. The Balaban J connectivity index is 1.93. The van der Waals surface area contributed by atoms with Gasteiger partial charge in [0, 0.05) is 0 Å². The highest BCUT2D eigenvalue weighted by Gasteiger charge is 2.74. The zero-order valence-corrected chi connectivity index (χ0v) is 12.9. The summed E-state index contributed by atoms with van der Waals surface area (Å²) in [4.78, 5) is 0. The van der Waals surface area contributed by atoms with Crippen LogP contribution in [0.1, 0.15) is 51.4 Å². The SMILES string of the molecule is [Cl][Al-]([Cl])([Cl])[C]12CCCCC1[C+]1CCCCC12. The zero-order valence-electron chi connectivity index (χ0n) is 9.52. The molecule has 0 saturated heterocycles. The molecule has 0 heterocycles. The predicted octanol–water partition coefficient (Wildman–Crippen LogP) is 5.35. The monoisotopic (exact) mass is 294 g/mol. The molecule has 0 aromatic rings. The fourth-order valence-electron chi connectivity index (χ4n) is 4.76. The van der Waals surface area contributed by atoms with E-state index in [1.807, 2.05) is 0 Å². The molecule has 0 radical (unpaired) electrons. The van der Waals surface area contributed by atoms with Gasteiger partial charge in [-0.05, 0) is 36.4 Å². The molecule has 0 amide bonds. The maximum absolute atomic E-state index is 6.50. The van der Waals surface area contributed by atoms with Gasteiger partial charge in [0.25, 0.3) is 0 Å². The molecule has 0 aliphatic heterocycles. The summed E-state index contributed by atoms with van der Waals surface area (Å²) < 4.78 is 0.172. The van der Waals surface area contributed by atoms with Crippen molar-refractivity contribution in [3.05, 3.63) is 5.92 Å². The van der Waals surface area contributed by atoms with Crippen LogP contribution in [0.15, 0.2) is 0 Å². The second-order valence-electron chi connectivity index (χ2n) is 5.86. The highest BCUT2D eigenvalue weighted by Crippen LogP contribution is 2.78. The summed E-state index contributed by atoms with van der Waals surface area (Å²) in [6.07, 6.45) is 10.5. The van der Waals surface area contributed by atoms with Crippen molar-refractivity contribution >= 4 is 40.5 Å². The lowest BCUT2D eigenvalue weighted by Gasteiger charge is -2.63. The lowest BCUT2D eigenvalue weighted by molar-refractivity contribution is 0.0496. The van der Waals surface area contributed by atoms with Gasteiger partial charge in [-0.1, -0.05) is 12.8 Å². The van der Waals surface area contributed by atoms with Crippen LogP contribution in [0.5, 0.6) is 0 Å². The Morgan fingerprint density at radius 2 is 1.56 bits per heavy atom. The minimum Gasteiger partial charge on any atom is -0.407 e. The van der Waals surface area contributed by atoms with Gasteiger partial charge >= 0.3 is 10.3 Å². The maximum atomic E-state index is 6.50. The molecule has 90 valence electrons. The molecule has 3 aliphatic carbocycles. The van der Waals surface area contributed by atoms with Gasteiger partial charge in [0.2, 0.25) is 0 Å². The third-order valence-corrected chi connectivity index (χ3v) is 11.3. The molecule has 3 rings (SSSR count). The average Bonchev–Trinajstić information content (AvgIpc) is 2.24. The Hall–Kier alpha value is 1.27. The van der Waals surface area contributed by atoms with Crippen molar-refractivity contribution in [3.8, 4) is 0 Å². The Labute approximate surface area is 113 Å². The molecule has 0 aromatic carbocycles. The first kappa shape index (κ1) is 12.3. The van der Waals surface area contributed by atoms with E-state index in [-0.39, 0.29) is 4.28 Å². The van der Waals surface area contributed by atoms with E-state index in [4.69, 9.17) is 30.1 Å². The van der Waals surface area contributed by atoms with Crippen LogP contribution < -0.4 is 0 Å². The Kier molecular flexibility index (Phi) is 3.19. The van der Waals surface area contributed by atoms with Gasteiger partial charge < -0.3 is 30.1 Å². The van der Waals surface area contributed by atoms with Crippen molar-refractivity contribution in [2.24, 2.45) is 11.8 Å². The van der Waals surface area contributed by atoms with Crippen LogP contribution >= 0.6 is 30.1 Å². The van der Waals surface area contributed by atoms with E-state index in [9.17, 15) is 0 Å². The quantitative estimate of drug-likeness (QED) is 0.452. The smallest absolute Gasteiger partial charge is 0.407 e. The normalized spacial score (nSPS) is 43.3. The predicted molar refractivity (Wildman–Crippen MR) is 73.2 cm³/mol. The summed E-state index contributed by atoms with van der Waals surface area (Å²) >= 11 is 0. The molecule has 0 nitrogen and oxygen atoms in total. The fraction of sp³-hybridized carbons (Fsp3) is 0.917. The van der Waals surface area contributed by atoms with Crippen molar-refractivity contribution in [1.29, 1.82) is 0 Å². The molecule has 16 heavy (non-hydrogen) atoms. The van der Waals surface area contributed by atoms with E-state index >= 15 is 0 Å². The minimum atomic E-state index is -2.87. The van der Waals surface area contributed by atoms with E-state index in [2.05, 4.69) is 0 Å². The molecule has 3 unspecified atom stereocenters. The van der Waals surface area contributed by atoms with Crippen molar-refractivity contribution in [1.82, 2.24) is 0 Å². The zero-order chi connectivity index (χ0) is 11.4. The topological polar surface area (TPSA) is 0 Å². The van der Waals surface area contributed by atoms with Crippen molar-refractivity contribution < 1.29 is 0 Å².